The molecule has 0 fully saturated rings. The van der Waals surface area contributed by atoms with Gasteiger partial charge in [-0.3, -0.25) is 0 Å². The van der Waals surface area contributed by atoms with Crippen molar-refractivity contribution >= 4 is 95.2 Å². The van der Waals surface area contributed by atoms with Crippen LogP contribution in [0.3, 0.4) is 0 Å². The minimum absolute atomic E-state index is 0. The van der Waals surface area contributed by atoms with Crippen molar-refractivity contribution < 1.29 is 177 Å². The average molecular weight is 1440 g/mol. The van der Waals surface area contributed by atoms with Gasteiger partial charge >= 0.3 is 101 Å². The molecule has 10 nitrogen and oxygen atoms in total. The Morgan fingerprint density at radius 2 is 0.610 bits per heavy atom. The van der Waals surface area contributed by atoms with E-state index in [9.17, 15) is 35.1 Å². The Morgan fingerprint density at radius 1 is 0.545 bits per heavy atom. The third-order valence-corrected chi connectivity index (χ3v) is 2.18. The average Bonchev–Trinajstić information content (AvgIpc) is 3.32. The van der Waals surface area contributed by atoms with E-state index in [4.69, 9.17) is 41.5 Å². The Kier molecular flexibility index (Phi) is 699. The van der Waals surface area contributed by atoms with Crippen LogP contribution >= 0.6 is 65.8 Å². The number of rotatable bonds is 2. The summed E-state index contributed by atoms with van der Waals surface area (Å²) in [6, 6.07) is 0. The summed E-state index contributed by atoms with van der Waals surface area (Å²) in [5.41, 5.74) is -0.931. The summed E-state index contributed by atoms with van der Waals surface area (Å²) in [5.74, 6) is 5.47. The van der Waals surface area contributed by atoms with Gasteiger partial charge in [-0.05, 0) is 104 Å². The number of aldehydes is 2. The van der Waals surface area contributed by atoms with Crippen LogP contribution in [0.2, 0.25) is 0 Å². The van der Waals surface area contributed by atoms with E-state index in [2.05, 4.69) is 71.4 Å². The van der Waals surface area contributed by atoms with Crippen LogP contribution < -0.4 is 88.7 Å². The van der Waals surface area contributed by atoms with Crippen molar-refractivity contribution in [1.29, 1.82) is 0 Å². The van der Waals surface area contributed by atoms with Crippen LogP contribution in [-0.4, -0.2) is 132 Å². The standard InChI is InChI=1S/C5H8O.C4H6F2.C4H6.2C3H3F3.2C3H8O.C3H4.2C2H5Br.2C2H6O.2C2H4O.4C2H6.2CH4O.2B.2BrH.3Na.H2O.2H/c1-4-5(2,3)6;1-3(5)4(2)6;1-3-4-2;2*1-2(4)3(5)6;2*1-3-4-2;1-3-2;6*1-2-3;6*1-2;;;;;;;;;;/h1,6H,2-3H3;1-2H3;1-2H3;2*1H3;2*3H2,1-2H3;1H,2H3;2*2H2,1H3;2*3H,2H2,1H3;2*2H,1H3;4*1-2H3;2*2H,1H3;;;2*1H;;;;1H2;;/q;;;;;;;;;;;;;;;;;;;;;;;;3*+1;;2*-1/p-1/b;4-3+;;;;;;;;;;;;;;;;;;;;;;;;;;;;. The number of ether oxygens (including phenoxy) is 2. The number of aliphatic hydroxyl groups is 5. The van der Waals surface area contributed by atoms with Crippen molar-refractivity contribution in [2.24, 2.45) is 0 Å². The normalized spacial score (nSPS) is 5.95. The number of hydrogen-bond acceptors (Lipinski definition) is 10. The molecule has 0 aliphatic carbocycles. The van der Waals surface area contributed by atoms with Crippen molar-refractivity contribution in [3.05, 3.63) is 35.5 Å². The predicted molar refractivity (Wildman–Crippen MR) is 332 cm³/mol. The molecule has 0 aromatic carbocycles. The maximum absolute atomic E-state index is 11.3. The van der Waals surface area contributed by atoms with Gasteiger partial charge in [-0.1, -0.05) is 107 Å². The van der Waals surface area contributed by atoms with Gasteiger partial charge in [0.2, 0.25) is 0 Å². The van der Waals surface area contributed by atoms with Crippen LogP contribution in [0.15, 0.2) is 35.5 Å². The minimum Gasteiger partial charge on any atom is -1.00 e. The molecule has 0 saturated carbocycles. The fourth-order valence-corrected chi connectivity index (χ4v) is 0. The van der Waals surface area contributed by atoms with Gasteiger partial charge in [0.15, 0.2) is 11.7 Å². The molecule has 0 amide bonds. The topological polar surface area (TPSA) is 184 Å². The number of terminal acetylenes is 2. The fraction of sp³-hybridized carbons (Fsp3) is 0.720. The van der Waals surface area contributed by atoms with E-state index < -0.39 is 41.1 Å². The van der Waals surface area contributed by atoms with Gasteiger partial charge in [-0.2, -0.15) is 17.6 Å². The molecule has 0 rings (SSSR count). The van der Waals surface area contributed by atoms with E-state index in [-0.39, 0.29) is 161 Å². The van der Waals surface area contributed by atoms with Crippen LogP contribution in [0.25, 0.3) is 0 Å². The maximum atomic E-state index is 11.3. The van der Waals surface area contributed by atoms with Crippen LogP contribution in [0.1, 0.15) is 176 Å². The molecular formula is C50H113B2Br4F8Na3O10. The number of methoxy groups -OCH3 is 2. The molecule has 466 valence electrons. The fourth-order valence-electron chi connectivity index (χ4n) is 0. The van der Waals surface area contributed by atoms with Crippen molar-refractivity contribution in [2.45, 2.75) is 179 Å². The van der Waals surface area contributed by atoms with E-state index in [0.29, 0.717) is 13.8 Å². The zero-order valence-electron chi connectivity index (χ0n) is 56.1. The second-order valence-corrected chi connectivity index (χ2v) is 10.2. The molecule has 0 bridgehead atoms. The van der Waals surface area contributed by atoms with Crippen LogP contribution in [0.5, 0.6) is 0 Å². The predicted octanol–water partition coefficient (Wildman–Crippen LogP) is 7.70. The number of hydrogen-bond donors (Lipinski definition) is 5. The first-order valence-electron chi connectivity index (χ1n) is 21.4. The summed E-state index contributed by atoms with van der Waals surface area (Å²) in [5, 5.41) is 39.9. The number of alkyl halides is 2. The van der Waals surface area contributed by atoms with Crippen LogP contribution in [0, 0.1) is 36.5 Å². The van der Waals surface area contributed by atoms with Gasteiger partial charge in [0.25, 0.3) is 0 Å². The molecule has 0 saturated heterocycles. The first kappa shape index (κ1) is 185. The maximum Gasteiger partial charge on any atom is 1.00 e. The number of aliphatic hydroxyl groups excluding tert-OH is 4. The monoisotopic (exact) mass is 1430 g/mol. The molecular weight excluding hydrogens is 1320 g/mol. The number of halogens is 12. The first-order valence-corrected chi connectivity index (χ1v) is 23.6. The Morgan fingerprint density at radius 3 is 0.610 bits per heavy atom. The summed E-state index contributed by atoms with van der Waals surface area (Å²) >= 11 is 6.29. The zero-order valence-corrected chi connectivity index (χ0v) is 66.7. The third kappa shape index (κ3) is 1170. The van der Waals surface area contributed by atoms with E-state index in [1.54, 1.807) is 48.8 Å². The molecule has 0 heterocycles. The Bertz CT molecular complexity index is 856. The summed E-state index contributed by atoms with van der Waals surface area (Å²) < 4.78 is 96.3. The molecule has 0 aromatic heterocycles. The van der Waals surface area contributed by atoms with Crippen molar-refractivity contribution in [2.75, 3.05) is 65.5 Å². The zero-order chi connectivity index (χ0) is 61.9. The molecule has 27 heteroatoms. The van der Waals surface area contributed by atoms with E-state index in [1.165, 1.54) is 13.8 Å². The Balaban J connectivity index is -0.0000000115. The van der Waals surface area contributed by atoms with Gasteiger partial charge in [0, 0.05) is 82.4 Å². The van der Waals surface area contributed by atoms with Gasteiger partial charge in [-0.15, -0.1) is 64.6 Å². The summed E-state index contributed by atoms with van der Waals surface area (Å²) in [6.45, 7) is 44.4. The van der Waals surface area contributed by atoms with Gasteiger partial charge in [0.1, 0.15) is 29.8 Å². The molecule has 0 aliphatic rings. The van der Waals surface area contributed by atoms with Gasteiger partial charge in [-0.25, -0.2) is 17.6 Å². The summed E-state index contributed by atoms with van der Waals surface area (Å²) in [7, 11) is 5.36. The Labute approximate surface area is 582 Å². The second-order valence-electron chi connectivity index (χ2n) is 7.94. The quantitative estimate of drug-likeness (QED) is 0.0604. The van der Waals surface area contributed by atoms with Crippen LogP contribution in [-0.2, 0) is 19.1 Å². The molecule has 6 radical (unpaired) electrons. The molecule has 0 aliphatic heterocycles. The molecule has 0 aromatic rings. The van der Waals surface area contributed by atoms with Gasteiger partial charge < -0.3 is 52.9 Å². The molecule has 0 unspecified atom stereocenters. The van der Waals surface area contributed by atoms with E-state index in [0.717, 1.165) is 64.5 Å². The molecule has 77 heavy (non-hydrogen) atoms. The number of allylic oxidation sites excluding steroid dienone is 4. The number of carbonyl (C=O) groups is 2. The number of carbonyl (C=O) groups excluding carboxylic acids is 2. The summed E-state index contributed by atoms with van der Waals surface area (Å²) in [4.78, 5) is 17.6. The second kappa shape index (κ2) is 291. The Hall–Kier alpha value is 1.41. The van der Waals surface area contributed by atoms with E-state index in [1.807, 2.05) is 96.9 Å². The van der Waals surface area contributed by atoms with Gasteiger partial charge in [0.05, 0.1) is 0 Å². The first-order chi connectivity index (χ1) is 32.1. The molecule has 0 spiro atoms. The third-order valence-electron chi connectivity index (χ3n) is 2.18. The minimum atomic E-state index is -2.24. The SMILES string of the molecule is Br.Br.C#CC.C#CC(C)(C)O.C/C(F)=C(/C)F.CC.CC.CC.CC.CC#CC.CC(F)=C(F)F.CC(F)=C(F)F.CC=O.CC=O.CCBr.CCBr.CCO.CCO.CCOC.CCOC.CO.CO.[B].[B].[H-].[H-].[Na+].[Na+].[Na+].[OH-]. The largest absolute Gasteiger partial charge is 1.00 e. The molecule has 0 atom stereocenters. The van der Waals surface area contributed by atoms with Crippen molar-refractivity contribution in [3.8, 4) is 36.5 Å². The smallest absolute Gasteiger partial charge is 1.00 e. The van der Waals surface area contributed by atoms with Crippen molar-refractivity contribution in [3.63, 3.8) is 0 Å². The van der Waals surface area contributed by atoms with E-state index >= 15 is 0 Å². The van der Waals surface area contributed by atoms with Crippen LogP contribution in [0.4, 0.5) is 35.1 Å². The molecule has 6 N–H and O–H groups in total. The van der Waals surface area contributed by atoms with Crippen molar-refractivity contribution in [1.82, 2.24) is 0 Å². The summed E-state index contributed by atoms with van der Waals surface area (Å²) in [6.07, 6.45) is 6.42.